The Morgan fingerprint density at radius 3 is 2.87 bits per heavy atom. The van der Waals surface area contributed by atoms with Crippen LogP contribution in [0.25, 0.3) is 11.4 Å². The molecule has 2 aromatic heterocycles. The van der Waals surface area contributed by atoms with Gasteiger partial charge in [-0.25, -0.2) is 18.4 Å². The lowest BCUT2D eigenvalue weighted by Crippen LogP contribution is -2.29. The Bertz CT molecular complexity index is 785. The number of sulfonamides is 1. The Labute approximate surface area is 134 Å². The minimum Gasteiger partial charge on any atom is -0.380 e. The summed E-state index contributed by atoms with van der Waals surface area (Å²) < 4.78 is 32.3. The topological polar surface area (TPSA) is 110 Å². The first-order chi connectivity index (χ1) is 11.0. The quantitative estimate of drug-likeness (QED) is 0.789. The molecule has 8 nitrogen and oxygen atoms in total. The normalized spacial score (nSPS) is 16.3. The van der Waals surface area contributed by atoms with Crippen LogP contribution in [-0.4, -0.2) is 47.5 Å². The number of anilines is 1. The molecule has 9 heteroatoms. The van der Waals surface area contributed by atoms with Crippen molar-refractivity contribution in [2.45, 2.75) is 25.9 Å². The number of pyridine rings is 1. The van der Waals surface area contributed by atoms with Crippen LogP contribution in [0.15, 0.2) is 18.3 Å². The molecule has 1 aliphatic rings. The van der Waals surface area contributed by atoms with Crippen LogP contribution in [0.4, 0.5) is 5.82 Å². The first kappa shape index (κ1) is 15.9. The maximum absolute atomic E-state index is 12.3. The average molecular weight is 337 g/mol. The standard InChI is InChI=1S/C14H19N5O3S/c1-9-16-14(18-17-9)11-5-6-15-13(7-11)19-23(20,21)8-12(22-2)10-3-4-10/h5-7,10,12H,3-4,8H2,1-2H3,(H,15,19)(H,16,17,18). The van der Waals surface area contributed by atoms with Crippen LogP contribution in [0, 0.1) is 12.8 Å². The van der Waals surface area contributed by atoms with Crippen molar-refractivity contribution >= 4 is 15.8 Å². The Morgan fingerprint density at radius 2 is 2.26 bits per heavy atom. The molecule has 1 fully saturated rings. The molecule has 2 N–H and O–H groups in total. The second kappa shape index (κ2) is 6.25. The predicted molar refractivity (Wildman–Crippen MR) is 85.3 cm³/mol. The van der Waals surface area contributed by atoms with Crippen molar-refractivity contribution in [1.82, 2.24) is 20.2 Å². The largest absolute Gasteiger partial charge is 0.380 e. The second-order valence-electron chi connectivity index (χ2n) is 5.67. The van der Waals surface area contributed by atoms with E-state index in [0.29, 0.717) is 23.1 Å². The summed E-state index contributed by atoms with van der Waals surface area (Å²) in [5.74, 6) is 1.70. The van der Waals surface area contributed by atoms with Crippen LogP contribution in [0.1, 0.15) is 18.7 Å². The van der Waals surface area contributed by atoms with Crippen molar-refractivity contribution in [2.24, 2.45) is 5.92 Å². The van der Waals surface area contributed by atoms with Crippen LogP contribution in [0.3, 0.4) is 0 Å². The first-order valence-corrected chi connectivity index (χ1v) is 9.01. The van der Waals surface area contributed by atoms with Gasteiger partial charge in [0.2, 0.25) is 10.0 Å². The van der Waals surface area contributed by atoms with Gasteiger partial charge in [0.05, 0.1) is 11.9 Å². The molecule has 23 heavy (non-hydrogen) atoms. The molecule has 2 aromatic rings. The number of aromatic amines is 1. The maximum atomic E-state index is 12.3. The van der Waals surface area contributed by atoms with E-state index in [1.165, 1.54) is 6.20 Å². The fourth-order valence-electron chi connectivity index (χ4n) is 2.38. The number of rotatable bonds is 7. The molecule has 1 atom stereocenters. The van der Waals surface area contributed by atoms with E-state index in [0.717, 1.165) is 12.8 Å². The lowest BCUT2D eigenvalue weighted by molar-refractivity contribution is 0.103. The third-order valence-corrected chi connectivity index (χ3v) is 5.00. The van der Waals surface area contributed by atoms with Gasteiger partial charge in [0, 0.05) is 18.9 Å². The Balaban J connectivity index is 1.74. The summed E-state index contributed by atoms with van der Waals surface area (Å²) in [5.41, 5.74) is 0.688. The average Bonchev–Trinajstić information content (AvgIpc) is 3.26. The highest BCUT2D eigenvalue weighted by Crippen LogP contribution is 2.34. The van der Waals surface area contributed by atoms with Crippen molar-refractivity contribution in [3.05, 3.63) is 24.2 Å². The van der Waals surface area contributed by atoms with Gasteiger partial charge in [0.25, 0.3) is 0 Å². The summed E-state index contributed by atoms with van der Waals surface area (Å²) >= 11 is 0. The number of aromatic nitrogens is 4. The van der Waals surface area contributed by atoms with Gasteiger partial charge in [-0.05, 0) is 37.8 Å². The summed E-state index contributed by atoms with van der Waals surface area (Å²) in [7, 11) is -1.99. The number of nitrogens with zero attached hydrogens (tertiary/aromatic N) is 3. The molecule has 1 unspecified atom stereocenters. The van der Waals surface area contributed by atoms with Gasteiger partial charge in [-0.15, -0.1) is 0 Å². The van der Waals surface area contributed by atoms with E-state index in [1.807, 2.05) is 0 Å². The summed E-state index contributed by atoms with van der Waals surface area (Å²) in [5, 5.41) is 6.81. The molecule has 3 rings (SSSR count). The van der Waals surface area contributed by atoms with E-state index in [2.05, 4.69) is 24.9 Å². The van der Waals surface area contributed by atoms with Gasteiger partial charge in [-0.2, -0.15) is 5.10 Å². The maximum Gasteiger partial charge on any atom is 0.236 e. The number of methoxy groups -OCH3 is 1. The van der Waals surface area contributed by atoms with Crippen molar-refractivity contribution in [3.8, 4) is 11.4 Å². The number of hydrogen-bond donors (Lipinski definition) is 2. The minimum absolute atomic E-state index is 0.0696. The lowest BCUT2D eigenvalue weighted by Gasteiger charge is -2.15. The molecule has 1 saturated carbocycles. The third-order valence-electron chi connectivity index (χ3n) is 3.71. The van der Waals surface area contributed by atoms with Crippen molar-refractivity contribution in [3.63, 3.8) is 0 Å². The van der Waals surface area contributed by atoms with Gasteiger partial charge < -0.3 is 4.74 Å². The van der Waals surface area contributed by atoms with E-state index in [1.54, 1.807) is 26.2 Å². The molecular weight excluding hydrogens is 318 g/mol. The molecule has 0 bridgehead atoms. The molecule has 1 aliphatic carbocycles. The van der Waals surface area contributed by atoms with E-state index < -0.39 is 10.0 Å². The van der Waals surface area contributed by atoms with Gasteiger partial charge in [-0.1, -0.05) is 0 Å². The van der Waals surface area contributed by atoms with E-state index >= 15 is 0 Å². The number of nitrogens with one attached hydrogen (secondary N) is 2. The zero-order chi connectivity index (χ0) is 16.4. The molecule has 0 amide bonds. The van der Waals surface area contributed by atoms with Gasteiger partial charge in [-0.3, -0.25) is 9.82 Å². The number of aryl methyl sites for hydroxylation is 1. The van der Waals surface area contributed by atoms with Crippen molar-refractivity contribution in [2.75, 3.05) is 17.6 Å². The Hall–Kier alpha value is -2.00. The van der Waals surface area contributed by atoms with Crippen LogP contribution in [0.5, 0.6) is 0 Å². The van der Waals surface area contributed by atoms with Crippen LogP contribution >= 0.6 is 0 Å². The summed E-state index contributed by atoms with van der Waals surface area (Å²) in [6, 6.07) is 3.33. The highest BCUT2D eigenvalue weighted by Gasteiger charge is 2.34. The van der Waals surface area contributed by atoms with Gasteiger partial charge >= 0.3 is 0 Å². The zero-order valence-electron chi connectivity index (χ0n) is 13.0. The summed E-state index contributed by atoms with van der Waals surface area (Å²) in [4.78, 5) is 8.27. The molecular formula is C14H19N5O3S. The van der Waals surface area contributed by atoms with Crippen molar-refractivity contribution in [1.29, 1.82) is 0 Å². The van der Waals surface area contributed by atoms with E-state index in [-0.39, 0.29) is 17.7 Å². The fourth-order valence-corrected chi connectivity index (χ4v) is 3.73. The monoisotopic (exact) mass is 337 g/mol. The van der Waals surface area contributed by atoms with E-state index in [9.17, 15) is 8.42 Å². The number of H-pyrrole nitrogens is 1. The van der Waals surface area contributed by atoms with Crippen LogP contribution in [-0.2, 0) is 14.8 Å². The number of ether oxygens (including phenoxy) is 1. The smallest absolute Gasteiger partial charge is 0.236 e. The fraction of sp³-hybridized carbons (Fsp3) is 0.500. The number of hydrogen-bond acceptors (Lipinski definition) is 6. The summed E-state index contributed by atoms with van der Waals surface area (Å²) in [6.45, 7) is 1.80. The molecule has 0 aliphatic heterocycles. The molecule has 124 valence electrons. The van der Waals surface area contributed by atoms with Gasteiger partial charge in [0.1, 0.15) is 11.6 Å². The second-order valence-corrected chi connectivity index (χ2v) is 7.44. The molecule has 0 saturated heterocycles. The van der Waals surface area contributed by atoms with E-state index in [4.69, 9.17) is 4.74 Å². The minimum atomic E-state index is -3.53. The molecule has 2 heterocycles. The Morgan fingerprint density at radius 1 is 1.48 bits per heavy atom. The highest BCUT2D eigenvalue weighted by atomic mass is 32.2. The Kier molecular flexibility index (Phi) is 4.31. The highest BCUT2D eigenvalue weighted by molar-refractivity contribution is 7.92. The SMILES string of the molecule is COC(CS(=O)(=O)Nc1cc(-c2n[nH]c(C)n2)ccn1)C1CC1. The third kappa shape index (κ3) is 4.05. The molecule has 0 radical (unpaired) electrons. The van der Waals surface area contributed by atoms with Gasteiger partial charge in [0.15, 0.2) is 5.82 Å². The lowest BCUT2D eigenvalue weighted by atomic mass is 10.2. The molecule has 0 aromatic carbocycles. The summed E-state index contributed by atoms with van der Waals surface area (Å²) in [6.07, 6.45) is 3.29. The predicted octanol–water partition coefficient (Wildman–Crippen LogP) is 1.34. The zero-order valence-corrected chi connectivity index (χ0v) is 13.8. The molecule has 0 spiro atoms. The van der Waals surface area contributed by atoms with Crippen molar-refractivity contribution < 1.29 is 13.2 Å². The van der Waals surface area contributed by atoms with Crippen LogP contribution < -0.4 is 4.72 Å². The van der Waals surface area contributed by atoms with Crippen LogP contribution in [0.2, 0.25) is 0 Å². The first-order valence-electron chi connectivity index (χ1n) is 7.35.